The van der Waals surface area contributed by atoms with Crippen molar-refractivity contribution in [2.75, 3.05) is 0 Å². The van der Waals surface area contributed by atoms with E-state index >= 15 is 0 Å². The Bertz CT molecular complexity index is 6490. The number of hydrogen-bond acceptors (Lipinski definition) is 18. The predicted molar refractivity (Wildman–Crippen MR) is 562 cm³/mol. The highest BCUT2D eigenvalue weighted by Crippen LogP contribution is 2.38. The van der Waals surface area contributed by atoms with Gasteiger partial charge in [-0.25, -0.2) is 33.8 Å². The summed E-state index contributed by atoms with van der Waals surface area (Å²) in [7, 11) is 0. The molecule has 6 N–H and O–H groups in total. The highest BCUT2D eigenvalue weighted by molar-refractivity contribution is 7.22. The lowest BCUT2D eigenvalue weighted by Crippen LogP contribution is -2.26. The molecule has 0 bridgehead atoms. The Hall–Kier alpha value is -16.0. The van der Waals surface area contributed by atoms with E-state index in [0.717, 1.165) is 44.1 Å². The van der Waals surface area contributed by atoms with Gasteiger partial charge in [0.05, 0.1) is 10.7 Å². The lowest BCUT2D eigenvalue weighted by Gasteiger charge is -2.15. The largest absolute Gasteiger partial charge is 0.573 e. The zero-order valence-corrected chi connectivity index (χ0v) is 81.6. The predicted octanol–water partition coefficient (Wildman–Crippen LogP) is 28.8. The van der Waals surface area contributed by atoms with Gasteiger partial charge in [-0.2, -0.15) is 0 Å². The first-order chi connectivity index (χ1) is 68.8. The van der Waals surface area contributed by atoms with E-state index in [4.69, 9.17) is 43.7 Å². The number of rotatable bonds is 45. The van der Waals surface area contributed by atoms with Gasteiger partial charge in [-0.05, 0) is 299 Å². The van der Waals surface area contributed by atoms with Crippen LogP contribution < -0.4 is 33.2 Å². The topological polar surface area (TPSA) is 318 Å². The molecule has 0 aliphatic heterocycles. The molecule has 3 aromatic heterocycles. The number of hydrogen-bond donors (Lipinski definition) is 6. The summed E-state index contributed by atoms with van der Waals surface area (Å²) in [4.78, 5) is 85.0. The SMILES string of the molecule is C=CCCC(Oc1ccc(-c2cc(C)ccc2C)cc1)C(=O)O.C=CCCC(Oc1ccc(-c2cc3ccccc3s2)cc1)C(=O)O.C=CCCC(Oc1ccc(-c2ccc(OC(F)(F)F)cc2)cc1)C(=O)O.C=CCCC(Oc1ccc(-c2csc(C)n2)cc1)C(=O)O.C=CCCC(Oc1ccc(-c2csc3ccccc23)cc1)C(=O)O.C=CCCC(Oc1ccc(C(=O)/C=C/c2ccccc2)cc1)C(=O)O. The van der Waals surface area contributed by atoms with Crippen molar-refractivity contribution in [2.45, 2.75) is 141 Å². The lowest BCUT2D eigenvalue weighted by atomic mass is 9.98. The average molecular weight is 1990 g/mol. The van der Waals surface area contributed by atoms with Gasteiger partial charge < -0.3 is 63.8 Å². The molecule has 14 aromatic rings. The van der Waals surface area contributed by atoms with Gasteiger partial charge in [0.25, 0.3) is 0 Å². The summed E-state index contributed by atoms with van der Waals surface area (Å²) in [6, 6.07) is 83.2. The molecular weight excluding hydrogens is 1880 g/mol. The van der Waals surface area contributed by atoms with E-state index in [-0.39, 0.29) is 11.5 Å². The maximum atomic E-state index is 12.2. The third-order valence-corrected chi connectivity index (χ3v) is 24.2. The Labute approximate surface area is 841 Å². The number of nitrogens with zero attached hydrogens (tertiary/aromatic N) is 1. The number of carboxylic acids is 6. The number of aromatic nitrogens is 1. The van der Waals surface area contributed by atoms with E-state index < -0.39 is 78.8 Å². The summed E-state index contributed by atoms with van der Waals surface area (Å²) >= 11 is 5.06. The third-order valence-electron chi connectivity index (χ3n) is 21.3. The minimum atomic E-state index is -4.73. The molecule has 0 aliphatic rings. The number of carboxylic acid groups (broad SMARTS) is 6. The number of benzene rings is 11. The summed E-state index contributed by atoms with van der Waals surface area (Å²) in [5.74, 6) is -3.28. The maximum Gasteiger partial charge on any atom is 0.573 e. The van der Waals surface area contributed by atoms with Crippen molar-refractivity contribution in [1.29, 1.82) is 0 Å². The van der Waals surface area contributed by atoms with Gasteiger partial charge in [0.1, 0.15) is 40.2 Å². The quantitative estimate of drug-likeness (QED) is 0.0117. The van der Waals surface area contributed by atoms with Gasteiger partial charge >= 0.3 is 42.2 Å². The average Bonchev–Trinajstić information content (AvgIpc) is 1.67. The molecule has 0 saturated carbocycles. The van der Waals surface area contributed by atoms with Crippen LogP contribution in [0.25, 0.3) is 81.3 Å². The number of carbonyl (C=O) groups is 7. The van der Waals surface area contributed by atoms with Gasteiger partial charge in [0, 0.05) is 41.7 Å². The Morgan fingerprint density at radius 2 is 0.699 bits per heavy atom. The van der Waals surface area contributed by atoms with E-state index in [0.29, 0.717) is 123 Å². The molecule has 0 fully saturated rings. The molecule has 0 radical (unpaired) electrons. The van der Waals surface area contributed by atoms with Crippen LogP contribution in [0.2, 0.25) is 0 Å². The van der Waals surface area contributed by atoms with Gasteiger partial charge in [-0.15, -0.1) is 86.7 Å². The summed E-state index contributed by atoms with van der Waals surface area (Å²) in [5.41, 5.74) is 12.9. The third kappa shape index (κ3) is 37.0. The molecule has 27 heteroatoms. The standard InChI is InChI=1S/C21H20O4.2C20H18O3S.C20H22O3.C19H17F3O4.C16H17NO3S/c1-2-3-9-20(21(23)24)25-18-13-11-17(12-14-18)19(22)15-10-16-7-5-4-6-8-16;1-2-3-7-18(20(21)22)23-15-11-9-14(10-12-15)17-13-24-19-8-5-4-6-16(17)19;1-2-3-7-17(20(21)22)23-16-11-9-14(10-12-16)19-13-15-6-4-5-8-18(15)24-19;1-4-5-6-19(20(21)22)23-17-11-9-16(10-12-17)18-13-14(2)7-8-15(18)3;1-2-3-4-17(18(23)24)25-15-9-5-13(6-10-15)14-7-11-16(12-8-14)26-19(20,21)22;1-3-4-5-15(16(18)19)20-13-8-6-12(7-9-13)14-10-21-11(2)17-14/h2,4-8,10-15,20H,1,3,9H2,(H,23,24);2,4-6,8-13,18H,1,3,7H2,(H,21,22);2,4-6,8-13,17H,1,3,7H2,(H,21,22);4,7-13,19H,1,5-6H2,2-3H3,(H,21,22);2,5-12,17H,1,3-4H2,(H,23,24);3,6-10,15H,1,4-5H2,2H3,(H,18,19)/b15-10+;;;;;. The fourth-order valence-electron chi connectivity index (χ4n) is 13.8. The van der Waals surface area contributed by atoms with Crippen LogP contribution in [0.15, 0.2) is 366 Å². The van der Waals surface area contributed by atoms with Crippen molar-refractivity contribution in [3.05, 3.63) is 393 Å². The van der Waals surface area contributed by atoms with Crippen molar-refractivity contribution in [2.24, 2.45) is 0 Å². The van der Waals surface area contributed by atoms with E-state index in [2.05, 4.69) is 117 Å². The minimum absolute atomic E-state index is 0.128. The summed E-state index contributed by atoms with van der Waals surface area (Å²) in [6.07, 6.45) is 9.08. The smallest absolute Gasteiger partial charge is 0.479 e. The molecular formula is C116H112F3NO20S3. The van der Waals surface area contributed by atoms with Crippen LogP contribution in [0.4, 0.5) is 13.2 Å². The second-order valence-electron chi connectivity index (χ2n) is 32.1. The molecule has 14 rings (SSSR count). The summed E-state index contributed by atoms with van der Waals surface area (Å²) < 4.78 is 76.0. The van der Waals surface area contributed by atoms with Crippen molar-refractivity contribution in [1.82, 2.24) is 4.98 Å². The number of thiazole rings is 1. The Morgan fingerprint density at radius 3 is 1.07 bits per heavy atom. The number of allylic oxidation sites excluding steroid dienone is 7. The van der Waals surface area contributed by atoms with Crippen molar-refractivity contribution in [3.8, 4) is 95.3 Å². The first-order valence-corrected chi connectivity index (χ1v) is 48.1. The van der Waals surface area contributed by atoms with Crippen LogP contribution >= 0.6 is 34.0 Å². The van der Waals surface area contributed by atoms with Crippen molar-refractivity contribution < 1.29 is 111 Å². The first kappa shape index (κ1) is 111. The Kier molecular flexibility index (Phi) is 44.5. The molecule has 0 spiro atoms. The van der Waals surface area contributed by atoms with Crippen LogP contribution in [0.3, 0.4) is 0 Å². The van der Waals surface area contributed by atoms with E-state index in [1.165, 1.54) is 77.6 Å². The van der Waals surface area contributed by atoms with Gasteiger partial charge in [0.2, 0.25) is 0 Å². The maximum absolute atomic E-state index is 12.2. The Morgan fingerprint density at radius 1 is 0.357 bits per heavy atom. The van der Waals surface area contributed by atoms with Crippen LogP contribution in [0, 0.1) is 20.8 Å². The highest BCUT2D eigenvalue weighted by atomic mass is 32.1. The second kappa shape index (κ2) is 57.5. The molecule has 740 valence electrons. The van der Waals surface area contributed by atoms with Gasteiger partial charge in [0.15, 0.2) is 42.4 Å². The molecule has 11 aromatic carbocycles. The zero-order chi connectivity index (χ0) is 103. The second-order valence-corrected chi connectivity index (χ2v) is 35.1. The molecule has 0 amide bonds. The summed E-state index contributed by atoms with van der Waals surface area (Å²) in [6.45, 7) is 27.7. The van der Waals surface area contributed by atoms with Crippen LogP contribution in [0.1, 0.15) is 109 Å². The number of ether oxygens (including phenoxy) is 7. The zero-order valence-electron chi connectivity index (χ0n) is 79.2. The molecule has 143 heavy (non-hydrogen) atoms. The van der Waals surface area contributed by atoms with E-state index in [9.17, 15) is 62.1 Å². The fraction of sp³-hybridized carbons (Fsp3) is 0.190. The van der Waals surface area contributed by atoms with Gasteiger partial charge in [-0.1, -0.05) is 182 Å². The number of thiophene rings is 2. The van der Waals surface area contributed by atoms with Crippen molar-refractivity contribution in [3.63, 3.8) is 0 Å². The highest BCUT2D eigenvalue weighted by Gasteiger charge is 2.31. The number of aliphatic carboxylic acids is 6. The van der Waals surface area contributed by atoms with Crippen LogP contribution in [0.5, 0.6) is 40.2 Å². The lowest BCUT2D eigenvalue weighted by molar-refractivity contribution is -0.274. The molecule has 0 saturated heterocycles. The van der Waals surface area contributed by atoms with E-state index in [1.54, 1.807) is 137 Å². The van der Waals surface area contributed by atoms with Crippen LogP contribution in [-0.2, 0) is 28.8 Å². The molecule has 21 nitrogen and oxygen atoms in total. The number of aryl methyl sites for hydroxylation is 3. The number of fused-ring (bicyclic) bond motifs is 2. The first-order valence-electron chi connectivity index (χ1n) is 45.6. The number of ketones is 1. The normalized spacial score (nSPS) is 12.0. The van der Waals surface area contributed by atoms with Crippen molar-refractivity contribution >= 4 is 102 Å². The molecule has 6 atom stereocenters. The van der Waals surface area contributed by atoms with Crippen LogP contribution in [-0.4, -0.2) is 120 Å². The molecule has 3 heterocycles. The molecule has 6 unspecified atom stereocenters. The Balaban J connectivity index is 0.000000192. The van der Waals surface area contributed by atoms with Gasteiger partial charge in [-0.3, -0.25) is 4.79 Å². The van der Waals surface area contributed by atoms with E-state index in [1.807, 2.05) is 152 Å². The summed E-state index contributed by atoms with van der Waals surface area (Å²) in [5, 5.41) is 62.7. The monoisotopic (exact) mass is 1990 g/mol. The molecule has 0 aliphatic carbocycles. The fourth-order valence-corrected chi connectivity index (χ4v) is 16.5. The number of halogens is 3. The number of alkyl halides is 3. The minimum Gasteiger partial charge on any atom is -0.479 e. The number of carbonyl (C=O) groups excluding carboxylic acids is 1.